The van der Waals surface area contributed by atoms with Gasteiger partial charge in [0.1, 0.15) is 17.2 Å². The summed E-state index contributed by atoms with van der Waals surface area (Å²) in [6, 6.07) is 11.7. The van der Waals surface area contributed by atoms with E-state index in [9.17, 15) is 8.78 Å². The minimum absolute atomic E-state index is 0.126. The van der Waals surface area contributed by atoms with Gasteiger partial charge >= 0.3 is 0 Å². The molecular weight excluding hydrogens is 272 g/mol. The van der Waals surface area contributed by atoms with Gasteiger partial charge < -0.3 is 10.7 Å². The van der Waals surface area contributed by atoms with Gasteiger partial charge in [-0.15, -0.1) is 0 Å². The lowest BCUT2D eigenvalue weighted by Gasteiger charge is -2.08. The maximum atomic E-state index is 13.6. The van der Waals surface area contributed by atoms with Crippen LogP contribution in [0.15, 0.2) is 42.5 Å². The minimum atomic E-state index is -0.678. The van der Waals surface area contributed by atoms with E-state index in [-0.39, 0.29) is 11.6 Å². The maximum Gasteiger partial charge on any atom is 0.153 e. The second kappa shape index (κ2) is 5.61. The lowest BCUT2D eigenvalue weighted by atomic mass is 10.1. The molecule has 1 atom stereocenters. The summed E-state index contributed by atoms with van der Waals surface area (Å²) in [6.45, 7) is 0. The quantitative estimate of drug-likeness (QED) is 0.772. The first-order valence-corrected chi connectivity index (χ1v) is 6.77. The summed E-state index contributed by atoms with van der Waals surface area (Å²) in [4.78, 5) is 7.04. The zero-order chi connectivity index (χ0) is 14.8. The average molecular weight is 287 g/mol. The third kappa shape index (κ3) is 2.92. The van der Waals surface area contributed by atoms with Crippen LogP contribution in [0.2, 0.25) is 0 Å². The molecule has 3 rings (SSSR count). The van der Waals surface area contributed by atoms with Crippen molar-refractivity contribution >= 4 is 11.0 Å². The Kier molecular flexibility index (Phi) is 3.66. The van der Waals surface area contributed by atoms with Gasteiger partial charge in [-0.1, -0.05) is 30.3 Å². The number of aromatic nitrogens is 2. The van der Waals surface area contributed by atoms with Crippen LogP contribution in [0, 0.1) is 11.6 Å². The van der Waals surface area contributed by atoms with Crippen LogP contribution >= 0.6 is 0 Å². The van der Waals surface area contributed by atoms with E-state index in [2.05, 4.69) is 9.97 Å². The van der Waals surface area contributed by atoms with Crippen LogP contribution in [-0.4, -0.2) is 9.97 Å². The van der Waals surface area contributed by atoms with E-state index in [1.54, 1.807) is 0 Å². The van der Waals surface area contributed by atoms with E-state index in [0.717, 1.165) is 12.5 Å². The molecule has 0 saturated heterocycles. The number of fused-ring (bicyclic) bond motifs is 1. The number of nitrogens with one attached hydrogen (secondary N) is 1. The lowest BCUT2D eigenvalue weighted by Crippen LogP contribution is -2.13. The average Bonchev–Trinajstić information content (AvgIpc) is 2.90. The molecule has 0 amide bonds. The highest BCUT2D eigenvalue weighted by Gasteiger charge is 2.14. The highest BCUT2D eigenvalue weighted by Crippen LogP contribution is 2.21. The van der Waals surface area contributed by atoms with E-state index in [0.29, 0.717) is 17.8 Å². The molecular formula is C16H15F2N3. The number of hydrogen-bond acceptors (Lipinski definition) is 2. The van der Waals surface area contributed by atoms with Crippen molar-refractivity contribution in [2.24, 2.45) is 5.73 Å². The van der Waals surface area contributed by atoms with Crippen molar-refractivity contribution in [3.05, 3.63) is 65.5 Å². The number of aryl methyl sites for hydroxylation is 1. The van der Waals surface area contributed by atoms with E-state index < -0.39 is 11.6 Å². The summed E-state index contributed by atoms with van der Waals surface area (Å²) in [5.74, 6) is -0.832. The van der Waals surface area contributed by atoms with Gasteiger partial charge in [-0.2, -0.15) is 0 Å². The molecule has 0 aliphatic heterocycles. The van der Waals surface area contributed by atoms with Gasteiger partial charge in [0.2, 0.25) is 0 Å². The first kappa shape index (κ1) is 13.7. The number of imidazole rings is 1. The lowest BCUT2D eigenvalue weighted by molar-refractivity contribution is 0.590. The molecule has 0 spiro atoms. The molecule has 0 bridgehead atoms. The number of aromatic amines is 1. The number of benzene rings is 2. The first-order valence-electron chi connectivity index (χ1n) is 6.77. The molecule has 0 saturated carbocycles. The van der Waals surface area contributed by atoms with Crippen LogP contribution in [-0.2, 0) is 6.42 Å². The molecule has 3 nitrogen and oxygen atoms in total. The van der Waals surface area contributed by atoms with Crippen molar-refractivity contribution in [3.63, 3.8) is 0 Å². The van der Waals surface area contributed by atoms with Gasteiger partial charge in [0.15, 0.2) is 5.82 Å². The van der Waals surface area contributed by atoms with Crippen molar-refractivity contribution in [1.29, 1.82) is 0 Å². The predicted molar refractivity (Wildman–Crippen MR) is 77.7 cm³/mol. The molecule has 1 heterocycles. The largest absolute Gasteiger partial charge is 0.340 e. The first-order chi connectivity index (χ1) is 10.1. The Hall–Kier alpha value is -2.27. The molecule has 0 radical (unpaired) electrons. The summed E-state index contributed by atoms with van der Waals surface area (Å²) in [5.41, 5.74) is 7.72. The Balaban J connectivity index is 1.78. The van der Waals surface area contributed by atoms with E-state index in [1.807, 2.05) is 30.3 Å². The number of hydrogen-bond donors (Lipinski definition) is 2. The van der Waals surface area contributed by atoms with Gasteiger partial charge in [-0.05, 0) is 24.5 Å². The fraction of sp³-hybridized carbons (Fsp3) is 0.188. The third-order valence-corrected chi connectivity index (χ3v) is 3.46. The van der Waals surface area contributed by atoms with E-state index in [4.69, 9.17) is 5.73 Å². The number of nitrogens with zero attached hydrogens (tertiary/aromatic N) is 1. The molecule has 3 N–H and O–H groups in total. The van der Waals surface area contributed by atoms with Crippen LogP contribution in [0.4, 0.5) is 8.78 Å². The van der Waals surface area contributed by atoms with Crippen molar-refractivity contribution in [2.45, 2.75) is 18.9 Å². The van der Waals surface area contributed by atoms with E-state index in [1.165, 1.54) is 11.6 Å². The molecule has 0 aliphatic carbocycles. The zero-order valence-electron chi connectivity index (χ0n) is 11.3. The summed E-state index contributed by atoms with van der Waals surface area (Å²) < 4.78 is 26.8. The molecule has 1 aromatic heterocycles. The summed E-state index contributed by atoms with van der Waals surface area (Å²) in [7, 11) is 0. The fourth-order valence-electron chi connectivity index (χ4n) is 2.34. The fourth-order valence-corrected chi connectivity index (χ4v) is 2.34. The molecule has 3 aromatic rings. The highest BCUT2D eigenvalue weighted by atomic mass is 19.1. The standard InChI is InChI=1S/C16H15F2N3/c17-11-8-12(18)15-14(9-11)20-16(21-15)13(19)7-6-10-4-2-1-3-5-10/h1-5,8-9,13H,6-7,19H2,(H,20,21). The number of nitrogens with two attached hydrogens (primary N) is 1. The Morgan fingerprint density at radius 2 is 1.90 bits per heavy atom. The van der Waals surface area contributed by atoms with E-state index >= 15 is 0 Å². The summed E-state index contributed by atoms with van der Waals surface area (Å²) >= 11 is 0. The third-order valence-electron chi connectivity index (χ3n) is 3.46. The molecule has 1 unspecified atom stereocenters. The Morgan fingerprint density at radius 1 is 1.14 bits per heavy atom. The van der Waals surface area contributed by atoms with Crippen LogP contribution in [0.25, 0.3) is 11.0 Å². The SMILES string of the molecule is NC(CCc1ccccc1)c1nc2c(F)cc(F)cc2[nH]1. The number of halogens is 2. The monoisotopic (exact) mass is 287 g/mol. The Bertz CT molecular complexity index is 753. The topological polar surface area (TPSA) is 54.7 Å². The van der Waals surface area contributed by atoms with Crippen molar-refractivity contribution in [3.8, 4) is 0 Å². The van der Waals surface area contributed by atoms with Crippen molar-refractivity contribution < 1.29 is 8.78 Å². The van der Waals surface area contributed by atoms with Crippen LogP contribution in [0.1, 0.15) is 23.9 Å². The molecule has 108 valence electrons. The molecule has 0 fully saturated rings. The number of rotatable bonds is 4. The zero-order valence-corrected chi connectivity index (χ0v) is 11.3. The predicted octanol–water partition coefficient (Wildman–Crippen LogP) is 3.47. The minimum Gasteiger partial charge on any atom is -0.340 e. The summed E-state index contributed by atoms with van der Waals surface area (Å²) in [6.07, 6.45) is 1.48. The van der Waals surface area contributed by atoms with Gasteiger partial charge in [-0.25, -0.2) is 13.8 Å². The summed E-state index contributed by atoms with van der Waals surface area (Å²) in [5, 5.41) is 0. The second-order valence-corrected chi connectivity index (χ2v) is 5.04. The normalized spacial score (nSPS) is 12.7. The molecule has 21 heavy (non-hydrogen) atoms. The van der Waals surface area contributed by atoms with Crippen molar-refractivity contribution in [2.75, 3.05) is 0 Å². The van der Waals surface area contributed by atoms with Crippen LogP contribution in [0.3, 0.4) is 0 Å². The highest BCUT2D eigenvalue weighted by molar-refractivity contribution is 5.75. The van der Waals surface area contributed by atoms with Gasteiger partial charge in [-0.3, -0.25) is 0 Å². The van der Waals surface area contributed by atoms with Gasteiger partial charge in [0.25, 0.3) is 0 Å². The van der Waals surface area contributed by atoms with Crippen LogP contribution < -0.4 is 5.73 Å². The smallest absolute Gasteiger partial charge is 0.153 e. The maximum absolute atomic E-state index is 13.6. The van der Waals surface area contributed by atoms with Crippen LogP contribution in [0.5, 0.6) is 0 Å². The Labute approximate surface area is 120 Å². The number of H-pyrrole nitrogens is 1. The van der Waals surface area contributed by atoms with Gasteiger partial charge in [0.05, 0.1) is 11.6 Å². The van der Waals surface area contributed by atoms with Gasteiger partial charge in [0, 0.05) is 6.07 Å². The molecule has 2 aromatic carbocycles. The Morgan fingerprint density at radius 3 is 2.67 bits per heavy atom. The second-order valence-electron chi connectivity index (χ2n) is 5.04. The molecule has 0 aliphatic rings. The van der Waals surface area contributed by atoms with Crippen molar-refractivity contribution in [1.82, 2.24) is 9.97 Å². The molecule has 5 heteroatoms.